The molecule has 4 rings (SSSR count). The van der Waals surface area contributed by atoms with Crippen molar-refractivity contribution in [2.75, 3.05) is 27.2 Å². The molecule has 3 aromatic rings. The van der Waals surface area contributed by atoms with Crippen LogP contribution in [0.5, 0.6) is 5.75 Å². The van der Waals surface area contributed by atoms with E-state index in [0.29, 0.717) is 47.6 Å². The van der Waals surface area contributed by atoms with Crippen molar-refractivity contribution in [1.82, 2.24) is 30.5 Å². The second kappa shape index (κ2) is 10.3. The fourth-order valence-electron chi connectivity index (χ4n) is 4.02. The Balaban J connectivity index is 1.32. The van der Waals surface area contributed by atoms with Gasteiger partial charge in [-0.15, -0.1) is 0 Å². The van der Waals surface area contributed by atoms with Gasteiger partial charge in [0.25, 0.3) is 17.4 Å². The highest BCUT2D eigenvalue weighted by molar-refractivity contribution is 5.96. The molecule has 11 heteroatoms. The zero-order valence-electron chi connectivity index (χ0n) is 19.5. The molecule has 0 spiro atoms. The quantitative estimate of drug-likeness (QED) is 0.452. The Hall–Kier alpha value is -4.28. The van der Waals surface area contributed by atoms with Crippen LogP contribution in [0.15, 0.2) is 41.3 Å². The van der Waals surface area contributed by atoms with Crippen LogP contribution in [0.1, 0.15) is 39.5 Å². The molecule has 0 radical (unpaired) electrons. The molecule has 1 aromatic carbocycles. The monoisotopic (exact) mass is 478 g/mol. The van der Waals surface area contributed by atoms with Crippen LogP contribution in [0.4, 0.5) is 0 Å². The number of aryl methyl sites for hydroxylation is 1. The zero-order valence-corrected chi connectivity index (χ0v) is 19.5. The maximum absolute atomic E-state index is 12.7. The molecule has 2 aromatic heterocycles. The van der Waals surface area contributed by atoms with Crippen LogP contribution < -0.4 is 20.9 Å². The Kier molecular flexibility index (Phi) is 7.04. The van der Waals surface area contributed by atoms with Crippen LogP contribution in [0.25, 0.3) is 10.9 Å². The molecule has 1 saturated heterocycles. The van der Waals surface area contributed by atoms with Crippen LogP contribution in [-0.2, 0) is 11.2 Å². The van der Waals surface area contributed by atoms with Crippen molar-refractivity contribution in [2.24, 2.45) is 0 Å². The number of likely N-dealkylation sites (tertiary alicyclic amines) is 1. The van der Waals surface area contributed by atoms with E-state index in [1.54, 1.807) is 23.1 Å². The Bertz CT molecular complexity index is 1320. The van der Waals surface area contributed by atoms with Gasteiger partial charge in [-0.3, -0.25) is 24.2 Å². The third-order valence-corrected chi connectivity index (χ3v) is 5.91. The number of pyridine rings is 1. The van der Waals surface area contributed by atoms with Gasteiger partial charge in [0.2, 0.25) is 5.91 Å². The Labute approximate surface area is 200 Å². The summed E-state index contributed by atoms with van der Waals surface area (Å²) in [6.07, 6.45) is 2.42. The van der Waals surface area contributed by atoms with E-state index in [9.17, 15) is 19.2 Å². The topological polar surface area (TPSA) is 146 Å². The molecular formula is C24H26N6O5. The number of carbonyl (C=O) groups excluding carboxylic acids is 3. The maximum atomic E-state index is 12.7. The number of methoxy groups -OCH3 is 1. The van der Waals surface area contributed by atoms with E-state index in [4.69, 9.17) is 4.74 Å². The van der Waals surface area contributed by atoms with Gasteiger partial charge in [-0.2, -0.15) is 0 Å². The molecule has 182 valence electrons. The van der Waals surface area contributed by atoms with Gasteiger partial charge in [0, 0.05) is 45.2 Å². The summed E-state index contributed by atoms with van der Waals surface area (Å²) in [5, 5.41) is 5.81. The maximum Gasteiger partial charge on any atom is 0.270 e. The van der Waals surface area contributed by atoms with E-state index in [-0.39, 0.29) is 47.9 Å². The fraction of sp³-hybridized carbons (Fsp3) is 0.333. The van der Waals surface area contributed by atoms with Crippen LogP contribution in [-0.4, -0.2) is 70.9 Å². The average Bonchev–Trinajstić information content (AvgIpc) is 3.35. The molecule has 1 aliphatic heterocycles. The van der Waals surface area contributed by atoms with Crippen LogP contribution in [0.3, 0.4) is 0 Å². The number of nitrogens with one attached hydrogen (secondary N) is 3. The number of nitrogens with zero attached hydrogens (tertiary/aromatic N) is 3. The van der Waals surface area contributed by atoms with Crippen molar-refractivity contribution >= 4 is 28.6 Å². The van der Waals surface area contributed by atoms with E-state index in [0.717, 1.165) is 0 Å². The number of fused-ring (bicyclic) bond motifs is 1. The summed E-state index contributed by atoms with van der Waals surface area (Å²) in [5.41, 5.74) is 0.742. The van der Waals surface area contributed by atoms with Gasteiger partial charge in [0.1, 0.15) is 22.8 Å². The third-order valence-electron chi connectivity index (χ3n) is 5.91. The van der Waals surface area contributed by atoms with Crippen molar-refractivity contribution in [1.29, 1.82) is 0 Å². The Morgan fingerprint density at radius 2 is 2.03 bits per heavy atom. The van der Waals surface area contributed by atoms with E-state index >= 15 is 0 Å². The first-order valence-corrected chi connectivity index (χ1v) is 11.2. The van der Waals surface area contributed by atoms with Crippen LogP contribution >= 0.6 is 0 Å². The number of H-pyrrole nitrogens is 1. The van der Waals surface area contributed by atoms with Crippen molar-refractivity contribution in [3.8, 4) is 5.75 Å². The first-order valence-electron chi connectivity index (χ1n) is 11.2. The average molecular weight is 479 g/mol. The van der Waals surface area contributed by atoms with E-state index in [1.807, 2.05) is 0 Å². The molecule has 0 bridgehead atoms. The van der Waals surface area contributed by atoms with Gasteiger partial charge >= 0.3 is 0 Å². The number of para-hydroxylation sites is 1. The molecule has 3 heterocycles. The minimum atomic E-state index is -0.361. The second-order valence-electron chi connectivity index (χ2n) is 8.18. The molecule has 3 N–H and O–H groups in total. The molecule has 1 unspecified atom stereocenters. The molecular weight excluding hydrogens is 452 g/mol. The normalized spacial score (nSPS) is 15.1. The number of aromatic amines is 1. The summed E-state index contributed by atoms with van der Waals surface area (Å²) in [6.45, 7) is 0.901. The van der Waals surface area contributed by atoms with Crippen molar-refractivity contribution in [2.45, 2.75) is 25.3 Å². The Morgan fingerprint density at radius 1 is 1.20 bits per heavy atom. The highest BCUT2D eigenvalue weighted by atomic mass is 16.5. The van der Waals surface area contributed by atoms with Gasteiger partial charge in [-0.1, -0.05) is 6.07 Å². The lowest BCUT2D eigenvalue weighted by Crippen LogP contribution is -2.38. The first-order chi connectivity index (χ1) is 16.9. The van der Waals surface area contributed by atoms with Crippen molar-refractivity contribution in [3.63, 3.8) is 0 Å². The lowest BCUT2D eigenvalue weighted by atomic mass is 10.2. The second-order valence-corrected chi connectivity index (χ2v) is 8.18. The van der Waals surface area contributed by atoms with E-state index in [1.165, 1.54) is 32.5 Å². The number of ether oxygens (including phenoxy) is 1. The SMILES string of the molecule is CNC(=O)c1ccc(C(=O)NC2CCN(C(=O)CCc3nc4c(OC)cccc4c(=O)[nH]3)C2)nc1. The number of rotatable bonds is 7. The van der Waals surface area contributed by atoms with Gasteiger partial charge in [0.15, 0.2) is 0 Å². The van der Waals surface area contributed by atoms with Gasteiger partial charge < -0.3 is 25.3 Å². The standard InChI is InChI=1S/C24H26N6O5/c1-25-22(32)14-6-7-17(26-12-14)24(34)27-15-10-11-30(13-15)20(31)9-8-19-28-21-16(23(33)29-19)4-3-5-18(21)35-2/h3-7,12,15H,8-11,13H2,1-2H3,(H,25,32)(H,27,34)(H,28,29,33). The molecule has 0 aliphatic carbocycles. The molecule has 35 heavy (non-hydrogen) atoms. The van der Waals surface area contributed by atoms with Gasteiger partial charge in [0.05, 0.1) is 18.1 Å². The minimum Gasteiger partial charge on any atom is -0.494 e. The molecule has 1 aliphatic rings. The first kappa shape index (κ1) is 23.9. The summed E-state index contributed by atoms with van der Waals surface area (Å²) < 4.78 is 5.29. The number of aromatic nitrogens is 3. The lowest BCUT2D eigenvalue weighted by Gasteiger charge is -2.17. The summed E-state index contributed by atoms with van der Waals surface area (Å²) in [6, 6.07) is 7.95. The van der Waals surface area contributed by atoms with Crippen molar-refractivity contribution < 1.29 is 19.1 Å². The fourth-order valence-corrected chi connectivity index (χ4v) is 4.02. The predicted octanol–water partition coefficient (Wildman–Crippen LogP) is 0.650. The summed E-state index contributed by atoms with van der Waals surface area (Å²) in [7, 11) is 3.03. The number of hydrogen-bond acceptors (Lipinski definition) is 7. The lowest BCUT2D eigenvalue weighted by molar-refractivity contribution is -0.130. The van der Waals surface area contributed by atoms with E-state index < -0.39 is 0 Å². The molecule has 0 saturated carbocycles. The van der Waals surface area contributed by atoms with Gasteiger partial charge in [-0.25, -0.2) is 4.98 Å². The number of amides is 3. The predicted molar refractivity (Wildman–Crippen MR) is 127 cm³/mol. The van der Waals surface area contributed by atoms with E-state index in [2.05, 4.69) is 25.6 Å². The third kappa shape index (κ3) is 5.29. The summed E-state index contributed by atoms with van der Waals surface area (Å²) >= 11 is 0. The smallest absolute Gasteiger partial charge is 0.270 e. The number of carbonyl (C=O) groups is 3. The van der Waals surface area contributed by atoms with Crippen molar-refractivity contribution in [3.05, 3.63) is 64.0 Å². The summed E-state index contributed by atoms with van der Waals surface area (Å²) in [4.78, 5) is 62.2. The molecule has 1 atom stereocenters. The molecule has 1 fully saturated rings. The summed E-state index contributed by atoms with van der Waals surface area (Å²) in [5.74, 6) is 0.182. The largest absolute Gasteiger partial charge is 0.494 e. The van der Waals surface area contributed by atoms with Gasteiger partial charge in [-0.05, 0) is 30.7 Å². The highest BCUT2D eigenvalue weighted by Gasteiger charge is 2.27. The molecule has 3 amide bonds. The Morgan fingerprint density at radius 3 is 2.74 bits per heavy atom. The van der Waals surface area contributed by atoms with Crippen LogP contribution in [0.2, 0.25) is 0 Å². The number of hydrogen-bond donors (Lipinski definition) is 3. The highest BCUT2D eigenvalue weighted by Crippen LogP contribution is 2.21. The molecule has 11 nitrogen and oxygen atoms in total. The van der Waals surface area contributed by atoms with Crippen LogP contribution in [0, 0.1) is 0 Å². The number of benzene rings is 1. The minimum absolute atomic E-state index is 0.0856. The zero-order chi connectivity index (χ0) is 24.9.